The molecule has 0 radical (unpaired) electrons. The van der Waals surface area contributed by atoms with Crippen molar-refractivity contribution in [2.24, 2.45) is 5.92 Å². The van der Waals surface area contributed by atoms with E-state index in [1.807, 2.05) is 6.20 Å². The van der Waals surface area contributed by atoms with Crippen molar-refractivity contribution in [3.63, 3.8) is 0 Å². The van der Waals surface area contributed by atoms with E-state index in [1.165, 1.54) is 28.6 Å². The van der Waals surface area contributed by atoms with E-state index in [2.05, 4.69) is 35.4 Å². The highest BCUT2D eigenvalue weighted by Crippen LogP contribution is 2.21. The van der Waals surface area contributed by atoms with E-state index >= 15 is 0 Å². The van der Waals surface area contributed by atoms with Gasteiger partial charge in [0.1, 0.15) is 5.82 Å². The minimum absolute atomic E-state index is 0.00404. The van der Waals surface area contributed by atoms with Gasteiger partial charge in [-0.2, -0.15) is 0 Å². The molecule has 2 N–H and O–H groups in total. The highest BCUT2D eigenvalue weighted by Gasteiger charge is 2.33. The quantitative estimate of drug-likeness (QED) is 0.631. The summed E-state index contributed by atoms with van der Waals surface area (Å²) in [5, 5.41) is 4.18. The fraction of sp³-hybridized carbons (Fsp3) is 0.333. The summed E-state index contributed by atoms with van der Waals surface area (Å²) in [6, 6.07) is 12.6. The van der Waals surface area contributed by atoms with Gasteiger partial charge < -0.3 is 15.2 Å². The number of aromatic nitrogens is 1. The van der Waals surface area contributed by atoms with Crippen molar-refractivity contribution in [3.8, 4) is 0 Å². The Morgan fingerprint density at radius 2 is 2.00 bits per heavy atom. The lowest BCUT2D eigenvalue weighted by Gasteiger charge is -2.16. The van der Waals surface area contributed by atoms with Crippen LogP contribution >= 0.6 is 0 Å². The number of hydrogen-bond acceptors (Lipinski definition) is 2. The average molecular weight is 407 g/mol. The van der Waals surface area contributed by atoms with E-state index in [1.54, 1.807) is 17.0 Å². The van der Waals surface area contributed by atoms with Crippen LogP contribution in [0.2, 0.25) is 0 Å². The summed E-state index contributed by atoms with van der Waals surface area (Å²) in [7, 11) is 0. The number of amides is 2. The molecule has 3 aromatic rings. The van der Waals surface area contributed by atoms with E-state index in [9.17, 15) is 14.0 Å². The van der Waals surface area contributed by atoms with Crippen molar-refractivity contribution < 1.29 is 14.0 Å². The summed E-state index contributed by atoms with van der Waals surface area (Å²) in [6.45, 7) is 3.60. The Morgan fingerprint density at radius 1 is 1.20 bits per heavy atom. The first-order chi connectivity index (χ1) is 14.5. The maximum atomic E-state index is 13.0. The van der Waals surface area contributed by atoms with Gasteiger partial charge in [-0.1, -0.05) is 23.8 Å². The number of nitrogens with zero attached hydrogens (tertiary/aromatic N) is 1. The van der Waals surface area contributed by atoms with E-state index in [-0.39, 0.29) is 30.0 Å². The number of hydrogen-bond donors (Lipinski definition) is 2. The largest absolute Gasteiger partial charge is 0.361 e. The van der Waals surface area contributed by atoms with Gasteiger partial charge in [-0.25, -0.2) is 4.39 Å². The smallest absolute Gasteiger partial charge is 0.225 e. The third-order valence-corrected chi connectivity index (χ3v) is 5.79. The van der Waals surface area contributed by atoms with E-state index in [0.717, 1.165) is 17.5 Å². The molecule has 30 heavy (non-hydrogen) atoms. The molecular weight excluding hydrogens is 381 g/mol. The molecule has 0 bridgehead atoms. The standard InChI is InChI=1S/C24H26FN3O2/c1-16-2-7-22-21(12-16)18(14-27-22)8-10-26-24(30)19-13-23(29)28(15-19)11-9-17-3-5-20(25)6-4-17/h2-7,12,14,19,27H,8-11,13,15H2,1H3,(H,26,30)/t19-/m0/s1. The summed E-state index contributed by atoms with van der Waals surface area (Å²) < 4.78 is 13.0. The van der Waals surface area contributed by atoms with Crippen molar-refractivity contribution in [2.75, 3.05) is 19.6 Å². The van der Waals surface area contributed by atoms with Crippen molar-refractivity contribution in [3.05, 3.63) is 71.2 Å². The molecule has 1 fully saturated rings. The minimum atomic E-state index is -0.309. The van der Waals surface area contributed by atoms with Crippen molar-refractivity contribution in [1.82, 2.24) is 15.2 Å². The average Bonchev–Trinajstić information content (AvgIpc) is 3.30. The number of halogens is 1. The molecule has 1 aliphatic heterocycles. The topological polar surface area (TPSA) is 65.2 Å². The Bertz CT molecular complexity index is 1060. The molecule has 0 spiro atoms. The molecule has 6 heteroatoms. The van der Waals surface area contributed by atoms with Crippen LogP contribution in [0.3, 0.4) is 0 Å². The summed E-state index contributed by atoms with van der Waals surface area (Å²) in [4.78, 5) is 29.8. The van der Waals surface area contributed by atoms with Gasteiger partial charge in [0.05, 0.1) is 5.92 Å². The molecule has 2 aromatic carbocycles. The van der Waals surface area contributed by atoms with Crippen LogP contribution in [0.15, 0.2) is 48.7 Å². The molecule has 0 unspecified atom stereocenters. The van der Waals surface area contributed by atoms with Crippen molar-refractivity contribution >= 4 is 22.7 Å². The summed E-state index contributed by atoms with van der Waals surface area (Å²) >= 11 is 0. The SMILES string of the molecule is Cc1ccc2[nH]cc(CCNC(=O)[C@H]3CC(=O)N(CCc4ccc(F)cc4)C3)c2c1. The molecule has 0 saturated carbocycles. The summed E-state index contributed by atoms with van der Waals surface area (Å²) in [5.41, 5.74) is 4.46. The molecule has 1 aliphatic rings. The van der Waals surface area contributed by atoms with Gasteiger partial charge in [-0.3, -0.25) is 9.59 Å². The number of benzene rings is 2. The van der Waals surface area contributed by atoms with Crippen LogP contribution < -0.4 is 5.32 Å². The first-order valence-corrected chi connectivity index (χ1v) is 10.4. The third-order valence-electron chi connectivity index (χ3n) is 5.79. The van der Waals surface area contributed by atoms with Crippen LogP contribution in [0, 0.1) is 18.7 Å². The number of likely N-dealkylation sites (tertiary alicyclic amines) is 1. The van der Waals surface area contributed by atoms with Crippen molar-refractivity contribution in [1.29, 1.82) is 0 Å². The van der Waals surface area contributed by atoms with Crippen LogP contribution in [0.4, 0.5) is 4.39 Å². The minimum Gasteiger partial charge on any atom is -0.361 e. The van der Waals surface area contributed by atoms with Gasteiger partial charge in [0.2, 0.25) is 11.8 Å². The predicted molar refractivity (Wildman–Crippen MR) is 115 cm³/mol. The van der Waals surface area contributed by atoms with Crippen molar-refractivity contribution in [2.45, 2.75) is 26.2 Å². The zero-order chi connectivity index (χ0) is 21.1. The lowest BCUT2D eigenvalue weighted by atomic mass is 10.1. The Morgan fingerprint density at radius 3 is 2.80 bits per heavy atom. The van der Waals surface area contributed by atoms with Crippen LogP contribution in [0.25, 0.3) is 10.9 Å². The van der Waals surface area contributed by atoms with Crippen LogP contribution in [0.1, 0.15) is 23.1 Å². The fourth-order valence-corrected chi connectivity index (χ4v) is 4.04. The van der Waals surface area contributed by atoms with Gasteiger partial charge in [-0.05, 0) is 55.2 Å². The molecule has 1 atom stereocenters. The molecule has 2 amide bonds. The first-order valence-electron chi connectivity index (χ1n) is 10.4. The third kappa shape index (κ3) is 4.53. The van der Waals surface area contributed by atoms with Crippen LogP contribution in [-0.2, 0) is 22.4 Å². The maximum Gasteiger partial charge on any atom is 0.225 e. The highest BCUT2D eigenvalue weighted by atomic mass is 19.1. The van der Waals surface area contributed by atoms with E-state index in [0.29, 0.717) is 26.1 Å². The number of carbonyl (C=O) groups excluding carboxylic acids is 2. The summed E-state index contributed by atoms with van der Waals surface area (Å²) in [6.07, 6.45) is 3.64. The Labute approximate surface area is 175 Å². The molecular formula is C24H26FN3O2. The fourth-order valence-electron chi connectivity index (χ4n) is 4.04. The maximum absolute atomic E-state index is 13.0. The van der Waals surface area contributed by atoms with Gasteiger partial charge >= 0.3 is 0 Å². The van der Waals surface area contributed by atoms with Crippen LogP contribution in [-0.4, -0.2) is 41.3 Å². The number of aromatic amines is 1. The molecule has 1 aromatic heterocycles. The number of H-pyrrole nitrogens is 1. The van der Waals surface area contributed by atoms with Crippen LogP contribution in [0.5, 0.6) is 0 Å². The lowest BCUT2D eigenvalue weighted by molar-refractivity contribution is -0.129. The zero-order valence-corrected chi connectivity index (χ0v) is 17.1. The molecule has 156 valence electrons. The number of rotatable bonds is 7. The normalized spacial score (nSPS) is 16.4. The van der Waals surface area contributed by atoms with Gasteiger partial charge in [-0.15, -0.1) is 0 Å². The number of nitrogens with one attached hydrogen (secondary N) is 2. The van der Waals surface area contributed by atoms with Gasteiger partial charge in [0, 0.05) is 43.2 Å². The second-order valence-corrected chi connectivity index (χ2v) is 8.02. The summed E-state index contributed by atoms with van der Waals surface area (Å²) in [5.74, 6) is -0.639. The van der Waals surface area contributed by atoms with Gasteiger partial charge in [0.15, 0.2) is 0 Å². The molecule has 0 aliphatic carbocycles. The second-order valence-electron chi connectivity index (χ2n) is 8.02. The monoisotopic (exact) mass is 407 g/mol. The first kappa shape index (κ1) is 20.1. The molecule has 4 rings (SSSR count). The zero-order valence-electron chi connectivity index (χ0n) is 17.1. The predicted octanol–water partition coefficient (Wildman–Crippen LogP) is 3.37. The lowest BCUT2D eigenvalue weighted by Crippen LogP contribution is -2.34. The number of carbonyl (C=O) groups is 2. The Balaban J connectivity index is 1.26. The Hall–Kier alpha value is -3.15. The van der Waals surface area contributed by atoms with E-state index in [4.69, 9.17) is 0 Å². The molecule has 1 saturated heterocycles. The number of fused-ring (bicyclic) bond motifs is 1. The highest BCUT2D eigenvalue weighted by molar-refractivity contribution is 5.89. The second kappa shape index (κ2) is 8.69. The van der Waals surface area contributed by atoms with E-state index < -0.39 is 0 Å². The van der Waals surface area contributed by atoms with Gasteiger partial charge in [0.25, 0.3) is 0 Å². The number of aryl methyl sites for hydroxylation is 1. The molecule has 5 nitrogen and oxygen atoms in total. The Kier molecular flexibility index (Phi) is 5.84. The molecule has 2 heterocycles.